The Kier molecular flexibility index (Phi) is 6.51. The smallest absolute Gasteiger partial charge is 0.255 e. The monoisotopic (exact) mass is 427 g/mol. The van der Waals surface area contributed by atoms with Crippen LogP contribution in [0.25, 0.3) is 0 Å². The normalized spacial score (nSPS) is 10.6. The second-order valence-corrected chi connectivity index (χ2v) is 7.53. The van der Waals surface area contributed by atoms with Crippen LogP contribution in [0.5, 0.6) is 11.5 Å². The molecule has 0 aliphatic heterocycles. The second kappa shape index (κ2) is 9.83. The molecular weight excluding hydrogens is 402 g/mol. The number of carbonyl (C=O) groups excluding carboxylic acids is 1. The van der Waals surface area contributed by atoms with Crippen LogP contribution in [0.15, 0.2) is 85.2 Å². The van der Waals surface area contributed by atoms with E-state index in [4.69, 9.17) is 9.47 Å². The molecule has 4 aromatic rings. The van der Waals surface area contributed by atoms with Gasteiger partial charge in [-0.25, -0.2) is 0 Å². The molecule has 0 aliphatic carbocycles. The van der Waals surface area contributed by atoms with E-state index < -0.39 is 0 Å². The highest BCUT2D eigenvalue weighted by Crippen LogP contribution is 2.18. The molecule has 162 valence electrons. The third-order valence-corrected chi connectivity index (χ3v) is 5.00. The van der Waals surface area contributed by atoms with Crippen molar-refractivity contribution in [2.45, 2.75) is 20.1 Å². The first-order valence-electron chi connectivity index (χ1n) is 10.3. The largest absolute Gasteiger partial charge is 0.497 e. The molecule has 32 heavy (non-hydrogen) atoms. The topological polar surface area (TPSA) is 65.4 Å². The number of nitrogens with zero attached hydrogens (tertiary/aromatic N) is 2. The molecule has 0 bridgehead atoms. The predicted octanol–water partition coefficient (Wildman–Crippen LogP) is 5.08. The minimum absolute atomic E-state index is 0.178. The molecule has 0 radical (unpaired) electrons. The molecule has 6 nitrogen and oxygen atoms in total. The van der Waals surface area contributed by atoms with Gasteiger partial charge in [0.25, 0.3) is 5.91 Å². The number of carbonyl (C=O) groups is 1. The molecule has 1 heterocycles. The van der Waals surface area contributed by atoms with Crippen LogP contribution in [0.1, 0.15) is 27.0 Å². The standard InChI is InChI=1S/C26H25N3O3/c1-19-4-3-5-21(14-19)16-29-17-23(15-27-29)28-26(30)22-8-6-20(7-9-22)18-32-25-12-10-24(31-2)11-13-25/h3-15,17H,16,18H2,1-2H3,(H,28,30). The van der Waals surface area contributed by atoms with Gasteiger partial charge in [-0.15, -0.1) is 0 Å². The fourth-order valence-electron chi connectivity index (χ4n) is 3.31. The fraction of sp³-hybridized carbons (Fsp3) is 0.154. The quantitative estimate of drug-likeness (QED) is 0.426. The van der Waals surface area contributed by atoms with Gasteiger partial charge in [-0.2, -0.15) is 5.10 Å². The van der Waals surface area contributed by atoms with Crippen LogP contribution in [-0.4, -0.2) is 22.8 Å². The number of rotatable bonds is 8. The Morgan fingerprint density at radius 3 is 2.44 bits per heavy atom. The first kappa shape index (κ1) is 21.2. The number of aromatic nitrogens is 2. The van der Waals surface area contributed by atoms with Crippen LogP contribution >= 0.6 is 0 Å². The number of amides is 1. The van der Waals surface area contributed by atoms with Gasteiger partial charge in [-0.05, 0) is 54.4 Å². The van der Waals surface area contributed by atoms with Crippen molar-refractivity contribution < 1.29 is 14.3 Å². The van der Waals surface area contributed by atoms with Crippen molar-refractivity contribution in [3.63, 3.8) is 0 Å². The fourth-order valence-corrected chi connectivity index (χ4v) is 3.31. The highest BCUT2D eigenvalue weighted by atomic mass is 16.5. The molecule has 0 fully saturated rings. The van der Waals surface area contributed by atoms with Gasteiger partial charge >= 0.3 is 0 Å². The summed E-state index contributed by atoms with van der Waals surface area (Å²) in [5.74, 6) is 1.37. The molecule has 0 spiro atoms. The van der Waals surface area contributed by atoms with Crippen molar-refractivity contribution in [2.75, 3.05) is 12.4 Å². The van der Waals surface area contributed by atoms with Crippen LogP contribution < -0.4 is 14.8 Å². The van der Waals surface area contributed by atoms with Crippen molar-refractivity contribution in [1.29, 1.82) is 0 Å². The summed E-state index contributed by atoms with van der Waals surface area (Å²) in [6, 6.07) is 23.1. The molecule has 1 N–H and O–H groups in total. The molecule has 3 aromatic carbocycles. The van der Waals surface area contributed by atoms with Crippen LogP contribution in [0.3, 0.4) is 0 Å². The second-order valence-electron chi connectivity index (χ2n) is 7.53. The zero-order valence-corrected chi connectivity index (χ0v) is 18.1. The van der Waals surface area contributed by atoms with Crippen molar-refractivity contribution in [1.82, 2.24) is 9.78 Å². The highest BCUT2D eigenvalue weighted by molar-refractivity contribution is 6.04. The van der Waals surface area contributed by atoms with E-state index in [1.807, 2.05) is 53.3 Å². The van der Waals surface area contributed by atoms with E-state index in [2.05, 4.69) is 35.5 Å². The van der Waals surface area contributed by atoms with Crippen LogP contribution in [0.2, 0.25) is 0 Å². The first-order valence-corrected chi connectivity index (χ1v) is 10.3. The number of hydrogen-bond donors (Lipinski definition) is 1. The molecule has 0 atom stereocenters. The maximum Gasteiger partial charge on any atom is 0.255 e. The Morgan fingerprint density at radius 2 is 1.72 bits per heavy atom. The van der Waals surface area contributed by atoms with Gasteiger partial charge in [0.15, 0.2) is 0 Å². The third kappa shape index (κ3) is 5.55. The summed E-state index contributed by atoms with van der Waals surface area (Å²) in [7, 11) is 1.63. The van der Waals surface area contributed by atoms with Crippen LogP contribution in [-0.2, 0) is 13.2 Å². The summed E-state index contributed by atoms with van der Waals surface area (Å²) < 4.78 is 12.7. The number of aryl methyl sites for hydroxylation is 1. The number of methoxy groups -OCH3 is 1. The molecule has 1 amide bonds. The zero-order valence-electron chi connectivity index (χ0n) is 18.1. The summed E-state index contributed by atoms with van der Waals surface area (Å²) in [5.41, 5.74) is 4.59. The summed E-state index contributed by atoms with van der Waals surface area (Å²) >= 11 is 0. The lowest BCUT2D eigenvalue weighted by atomic mass is 10.1. The molecule has 0 saturated heterocycles. The van der Waals surface area contributed by atoms with Gasteiger partial charge in [0, 0.05) is 11.8 Å². The molecule has 0 saturated carbocycles. The summed E-state index contributed by atoms with van der Waals surface area (Å²) in [5, 5.41) is 7.24. The van der Waals surface area contributed by atoms with Gasteiger partial charge in [-0.3, -0.25) is 9.48 Å². The van der Waals surface area contributed by atoms with E-state index in [0.717, 1.165) is 17.1 Å². The Hall–Kier alpha value is -4.06. The van der Waals surface area contributed by atoms with E-state index >= 15 is 0 Å². The van der Waals surface area contributed by atoms with E-state index in [-0.39, 0.29) is 5.91 Å². The minimum Gasteiger partial charge on any atom is -0.497 e. The number of benzene rings is 3. The van der Waals surface area contributed by atoms with Crippen LogP contribution in [0.4, 0.5) is 5.69 Å². The number of hydrogen-bond acceptors (Lipinski definition) is 4. The molecule has 6 heteroatoms. The highest BCUT2D eigenvalue weighted by Gasteiger charge is 2.08. The minimum atomic E-state index is -0.178. The first-order chi connectivity index (χ1) is 15.6. The lowest BCUT2D eigenvalue weighted by Crippen LogP contribution is -2.11. The number of anilines is 1. The molecular formula is C26H25N3O3. The van der Waals surface area contributed by atoms with E-state index in [9.17, 15) is 4.79 Å². The predicted molar refractivity (Wildman–Crippen MR) is 124 cm³/mol. The molecule has 1 aromatic heterocycles. The van der Waals surface area contributed by atoms with Gasteiger partial charge in [-0.1, -0.05) is 42.0 Å². The SMILES string of the molecule is COc1ccc(OCc2ccc(C(=O)Nc3cnn(Cc4cccc(C)c4)c3)cc2)cc1. The lowest BCUT2D eigenvalue weighted by Gasteiger charge is -2.08. The third-order valence-electron chi connectivity index (χ3n) is 5.00. The summed E-state index contributed by atoms with van der Waals surface area (Å²) in [4.78, 5) is 12.6. The summed E-state index contributed by atoms with van der Waals surface area (Å²) in [6.45, 7) is 3.13. The van der Waals surface area contributed by atoms with Gasteiger partial charge < -0.3 is 14.8 Å². The Bertz CT molecular complexity index is 1180. The average Bonchev–Trinajstić information content (AvgIpc) is 3.25. The van der Waals surface area contributed by atoms with Crippen molar-refractivity contribution >= 4 is 11.6 Å². The van der Waals surface area contributed by atoms with Gasteiger partial charge in [0.2, 0.25) is 0 Å². The van der Waals surface area contributed by atoms with Crippen molar-refractivity contribution in [3.05, 3.63) is 107 Å². The Labute approximate surface area is 187 Å². The van der Waals surface area contributed by atoms with Crippen LogP contribution in [0, 0.1) is 6.92 Å². The van der Waals surface area contributed by atoms with E-state index in [1.54, 1.807) is 25.4 Å². The Morgan fingerprint density at radius 1 is 0.969 bits per heavy atom. The zero-order chi connectivity index (χ0) is 22.3. The molecule has 0 aliphatic rings. The number of nitrogens with one attached hydrogen (secondary N) is 1. The van der Waals surface area contributed by atoms with E-state index in [1.165, 1.54) is 11.1 Å². The van der Waals surface area contributed by atoms with E-state index in [0.29, 0.717) is 24.4 Å². The number of ether oxygens (including phenoxy) is 2. The Balaban J connectivity index is 1.31. The lowest BCUT2D eigenvalue weighted by molar-refractivity contribution is 0.102. The summed E-state index contributed by atoms with van der Waals surface area (Å²) in [6.07, 6.45) is 3.49. The molecule has 0 unspecified atom stereocenters. The maximum absolute atomic E-state index is 12.6. The molecule has 4 rings (SSSR count). The maximum atomic E-state index is 12.6. The average molecular weight is 428 g/mol. The van der Waals surface area contributed by atoms with Crippen molar-refractivity contribution in [3.8, 4) is 11.5 Å². The van der Waals surface area contributed by atoms with Gasteiger partial charge in [0.1, 0.15) is 18.1 Å². The van der Waals surface area contributed by atoms with Gasteiger partial charge in [0.05, 0.1) is 25.5 Å². The van der Waals surface area contributed by atoms with Crippen molar-refractivity contribution in [2.24, 2.45) is 0 Å².